The van der Waals surface area contributed by atoms with Crippen molar-refractivity contribution >= 4 is 0 Å². The van der Waals surface area contributed by atoms with Crippen molar-refractivity contribution in [2.24, 2.45) is 0 Å². The van der Waals surface area contributed by atoms with E-state index in [1.54, 1.807) is 0 Å². The Hall–Kier alpha value is -1.64. The van der Waals surface area contributed by atoms with Crippen LogP contribution in [0.4, 0.5) is 0 Å². The minimum atomic E-state index is -0.222. The lowest BCUT2D eigenvalue weighted by molar-refractivity contribution is -0.191. The summed E-state index contributed by atoms with van der Waals surface area (Å²) in [6, 6.07) is 18.7. The Morgan fingerprint density at radius 3 is 1.91 bits per heavy atom. The Balaban J connectivity index is 0.000000545. The number of benzene rings is 2. The fourth-order valence-corrected chi connectivity index (χ4v) is 2.34. The first kappa shape index (κ1) is 16.7. The number of hydrogen-bond acceptors (Lipinski definition) is 2. The molecule has 0 aromatic heterocycles. The lowest BCUT2D eigenvalue weighted by Gasteiger charge is -2.30. The molecule has 22 heavy (non-hydrogen) atoms. The Labute approximate surface area is 134 Å². The van der Waals surface area contributed by atoms with Gasteiger partial charge < -0.3 is 9.47 Å². The van der Waals surface area contributed by atoms with Gasteiger partial charge in [-0.3, -0.25) is 0 Å². The van der Waals surface area contributed by atoms with Gasteiger partial charge in [-0.1, -0.05) is 80.4 Å². The van der Waals surface area contributed by atoms with Crippen LogP contribution in [0, 0.1) is 6.92 Å². The Morgan fingerprint density at radius 2 is 1.36 bits per heavy atom. The highest BCUT2D eigenvalue weighted by atomic mass is 16.7. The maximum absolute atomic E-state index is 5.85. The average Bonchev–Trinajstić information content (AvgIpc) is 2.57. The van der Waals surface area contributed by atoms with Crippen molar-refractivity contribution in [3.8, 4) is 0 Å². The van der Waals surface area contributed by atoms with Crippen LogP contribution >= 0.6 is 0 Å². The molecule has 0 bridgehead atoms. The first-order chi connectivity index (χ1) is 10.7. The van der Waals surface area contributed by atoms with Gasteiger partial charge >= 0.3 is 0 Å². The molecule has 0 saturated carbocycles. The number of rotatable bonds is 2. The Morgan fingerprint density at radius 1 is 0.818 bits per heavy atom. The van der Waals surface area contributed by atoms with E-state index in [9.17, 15) is 0 Å². The number of aryl methyl sites for hydroxylation is 1. The van der Waals surface area contributed by atoms with E-state index in [-0.39, 0.29) is 6.29 Å². The van der Waals surface area contributed by atoms with Crippen molar-refractivity contribution in [1.29, 1.82) is 0 Å². The molecule has 0 N–H and O–H groups in total. The van der Waals surface area contributed by atoms with Crippen LogP contribution in [0.15, 0.2) is 54.6 Å². The quantitative estimate of drug-likeness (QED) is 0.754. The Kier molecular flexibility index (Phi) is 6.63. The smallest absolute Gasteiger partial charge is 0.183 e. The van der Waals surface area contributed by atoms with Crippen molar-refractivity contribution in [2.45, 2.75) is 39.4 Å². The summed E-state index contributed by atoms with van der Waals surface area (Å²) in [5.74, 6) is 0.336. The molecule has 1 fully saturated rings. The molecule has 0 unspecified atom stereocenters. The summed E-state index contributed by atoms with van der Waals surface area (Å²) in [6.07, 6.45) is 1.03. The van der Waals surface area contributed by atoms with Gasteiger partial charge in [0.25, 0.3) is 0 Å². The number of hydrogen-bond donors (Lipinski definition) is 0. The fourth-order valence-electron chi connectivity index (χ4n) is 2.34. The maximum atomic E-state index is 5.85. The summed E-state index contributed by atoms with van der Waals surface area (Å²) in [4.78, 5) is 0. The summed E-state index contributed by atoms with van der Waals surface area (Å²) in [5, 5.41) is 0. The molecule has 1 aliphatic heterocycles. The standard InChI is InChI=1S/C17H18O2.C3H8/c1-13-7-9-15(10-8-13)17-18-11-16(12-19-17)14-5-3-2-4-6-14;1-3-2/h2-10,16-17H,11-12H2,1H3;3H2,1-2H3. The van der Waals surface area contributed by atoms with Gasteiger partial charge in [-0.05, 0) is 12.5 Å². The monoisotopic (exact) mass is 298 g/mol. The van der Waals surface area contributed by atoms with Gasteiger partial charge in [0.05, 0.1) is 13.2 Å². The van der Waals surface area contributed by atoms with Gasteiger partial charge in [-0.2, -0.15) is 0 Å². The molecule has 0 amide bonds. The average molecular weight is 298 g/mol. The molecule has 1 aliphatic rings. The first-order valence-corrected chi connectivity index (χ1v) is 8.09. The van der Waals surface area contributed by atoms with Gasteiger partial charge in [-0.15, -0.1) is 0 Å². The maximum Gasteiger partial charge on any atom is 0.183 e. The summed E-state index contributed by atoms with van der Waals surface area (Å²) in [6.45, 7) is 7.75. The van der Waals surface area contributed by atoms with E-state index in [1.165, 1.54) is 17.5 Å². The highest BCUT2D eigenvalue weighted by Gasteiger charge is 2.24. The third-order valence-electron chi connectivity index (χ3n) is 3.52. The molecule has 0 aliphatic carbocycles. The topological polar surface area (TPSA) is 18.5 Å². The zero-order chi connectivity index (χ0) is 15.8. The van der Waals surface area contributed by atoms with Crippen LogP contribution in [0.2, 0.25) is 0 Å². The summed E-state index contributed by atoms with van der Waals surface area (Å²) in [7, 11) is 0. The fraction of sp³-hybridized carbons (Fsp3) is 0.400. The van der Waals surface area contributed by atoms with Crippen LogP contribution in [-0.2, 0) is 9.47 Å². The van der Waals surface area contributed by atoms with Crippen LogP contribution in [0.1, 0.15) is 49.2 Å². The summed E-state index contributed by atoms with van der Waals surface area (Å²) in [5.41, 5.74) is 3.63. The minimum Gasteiger partial charge on any atom is -0.348 e. The summed E-state index contributed by atoms with van der Waals surface area (Å²) >= 11 is 0. The van der Waals surface area contributed by atoms with Crippen molar-refractivity contribution in [1.82, 2.24) is 0 Å². The highest BCUT2D eigenvalue weighted by Crippen LogP contribution is 2.29. The molecule has 3 rings (SSSR count). The van der Waals surface area contributed by atoms with Crippen LogP contribution in [-0.4, -0.2) is 13.2 Å². The Bertz CT molecular complexity index is 525. The van der Waals surface area contributed by atoms with Crippen molar-refractivity contribution < 1.29 is 9.47 Å². The van der Waals surface area contributed by atoms with Gasteiger partial charge in [-0.25, -0.2) is 0 Å². The molecule has 1 saturated heterocycles. The second kappa shape index (κ2) is 8.72. The molecular weight excluding hydrogens is 272 g/mol. The van der Waals surface area contributed by atoms with Crippen molar-refractivity contribution in [2.75, 3.05) is 13.2 Å². The molecule has 2 aromatic rings. The zero-order valence-corrected chi connectivity index (χ0v) is 13.8. The minimum absolute atomic E-state index is 0.222. The molecule has 2 aromatic carbocycles. The molecule has 2 nitrogen and oxygen atoms in total. The van der Waals surface area contributed by atoms with Crippen molar-refractivity contribution in [3.63, 3.8) is 0 Å². The van der Waals surface area contributed by atoms with Gasteiger partial charge in [0, 0.05) is 11.5 Å². The van der Waals surface area contributed by atoms with Gasteiger partial charge in [0.1, 0.15) is 0 Å². The largest absolute Gasteiger partial charge is 0.348 e. The third-order valence-corrected chi connectivity index (χ3v) is 3.52. The lowest BCUT2D eigenvalue weighted by Crippen LogP contribution is -2.25. The third kappa shape index (κ3) is 4.69. The van der Waals surface area contributed by atoms with Gasteiger partial charge in [0.15, 0.2) is 6.29 Å². The second-order valence-electron chi connectivity index (χ2n) is 5.72. The van der Waals surface area contributed by atoms with Crippen LogP contribution in [0.3, 0.4) is 0 Å². The van der Waals surface area contributed by atoms with E-state index in [4.69, 9.17) is 9.47 Å². The van der Waals surface area contributed by atoms with E-state index < -0.39 is 0 Å². The SMILES string of the molecule is CCC.Cc1ccc(C2OCC(c3ccccc3)CO2)cc1. The number of ether oxygens (including phenoxy) is 2. The lowest BCUT2D eigenvalue weighted by atomic mass is 10.0. The van der Waals surface area contributed by atoms with E-state index >= 15 is 0 Å². The second-order valence-corrected chi connectivity index (χ2v) is 5.72. The molecule has 118 valence electrons. The van der Waals surface area contributed by atoms with E-state index in [2.05, 4.69) is 69.3 Å². The predicted molar refractivity (Wildman–Crippen MR) is 91.0 cm³/mol. The summed E-state index contributed by atoms with van der Waals surface area (Å²) < 4.78 is 11.7. The predicted octanol–water partition coefficient (Wildman–Crippen LogP) is 5.24. The molecule has 1 heterocycles. The van der Waals surface area contributed by atoms with E-state index in [0.29, 0.717) is 19.1 Å². The molecular formula is C20H26O2. The van der Waals surface area contributed by atoms with Crippen molar-refractivity contribution in [3.05, 3.63) is 71.3 Å². The first-order valence-electron chi connectivity index (χ1n) is 8.09. The van der Waals surface area contributed by atoms with E-state index in [1.807, 2.05) is 6.07 Å². The zero-order valence-electron chi connectivity index (χ0n) is 13.8. The molecule has 0 radical (unpaired) electrons. The highest BCUT2D eigenvalue weighted by molar-refractivity contribution is 5.23. The van der Waals surface area contributed by atoms with Crippen LogP contribution in [0.5, 0.6) is 0 Å². The van der Waals surface area contributed by atoms with Crippen LogP contribution in [0.25, 0.3) is 0 Å². The normalized spacial score (nSPS) is 20.9. The van der Waals surface area contributed by atoms with Crippen LogP contribution < -0.4 is 0 Å². The van der Waals surface area contributed by atoms with E-state index in [0.717, 1.165) is 5.56 Å². The molecule has 0 atom stereocenters. The van der Waals surface area contributed by atoms with Gasteiger partial charge in [0.2, 0.25) is 0 Å². The molecule has 0 spiro atoms. The molecule has 2 heteroatoms.